The van der Waals surface area contributed by atoms with Crippen molar-refractivity contribution >= 4 is 11.8 Å². The van der Waals surface area contributed by atoms with Gasteiger partial charge in [0.15, 0.2) is 0 Å². The summed E-state index contributed by atoms with van der Waals surface area (Å²) in [6.07, 6.45) is 0. The molecule has 0 spiro atoms. The van der Waals surface area contributed by atoms with Crippen LogP contribution in [-0.4, -0.2) is 19.0 Å². The van der Waals surface area contributed by atoms with Gasteiger partial charge in [-0.25, -0.2) is 0 Å². The zero-order valence-corrected chi connectivity index (χ0v) is 8.64. The summed E-state index contributed by atoms with van der Waals surface area (Å²) < 4.78 is 5.21. The quantitative estimate of drug-likeness (QED) is 0.684. The Hall–Kier alpha value is -0.470. The molecule has 1 aromatic rings. The van der Waals surface area contributed by atoms with Gasteiger partial charge in [-0.1, -0.05) is 25.1 Å². The van der Waals surface area contributed by atoms with E-state index < -0.39 is 0 Å². The van der Waals surface area contributed by atoms with Crippen LogP contribution in [0, 0.1) is 5.41 Å². The van der Waals surface area contributed by atoms with E-state index in [4.69, 9.17) is 4.74 Å². The fourth-order valence-corrected chi connectivity index (χ4v) is 2.34. The second-order valence-electron chi connectivity index (χ2n) is 3.91. The van der Waals surface area contributed by atoms with Crippen LogP contribution < -0.4 is 0 Å². The van der Waals surface area contributed by atoms with Crippen molar-refractivity contribution in [2.45, 2.75) is 11.8 Å². The van der Waals surface area contributed by atoms with E-state index in [2.05, 4.69) is 37.3 Å². The zero-order valence-electron chi connectivity index (χ0n) is 7.82. The molecule has 1 aliphatic heterocycles. The molecular weight excluding hydrogens is 180 g/mol. The number of thioether (sulfide) groups is 1. The van der Waals surface area contributed by atoms with Crippen LogP contribution in [-0.2, 0) is 4.74 Å². The molecule has 1 aliphatic rings. The van der Waals surface area contributed by atoms with Crippen molar-refractivity contribution in [3.63, 3.8) is 0 Å². The summed E-state index contributed by atoms with van der Waals surface area (Å²) in [4.78, 5) is 1.36. The molecule has 0 bridgehead atoms. The molecular formula is C11H14OS. The monoisotopic (exact) mass is 194 g/mol. The smallest absolute Gasteiger partial charge is 0.0550 e. The lowest BCUT2D eigenvalue weighted by molar-refractivity contribution is -0.0861. The van der Waals surface area contributed by atoms with Crippen LogP contribution in [0.2, 0.25) is 0 Å². The molecule has 0 radical (unpaired) electrons. The first-order chi connectivity index (χ1) is 6.29. The summed E-state index contributed by atoms with van der Waals surface area (Å²) in [5.74, 6) is 1.16. The van der Waals surface area contributed by atoms with Gasteiger partial charge in [-0.2, -0.15) is 0 Å². The van der Waals surface area contributed by atoms with Gasteiger partial charge in [0, 0.05) is 16.1 Å². The van der Waals surface area contributed by atoms with Gasteiger partial charge in [-0.15, -0.1) is 11.8 Å². The van der Waals surface area contributed by atoms with E-state index in [1.165, 1.54) is 4.90 Å². The van der Waals surface area contributed by atoms with Crippen molar-refractivity contribution in [3.05, 3.63) is 30.3 Å². The number of benzene rings is 1. The largest absolute Gasteiger partial charge is 0.380 e. The van der Waals surface area contributed by atoms with E-state index in [1.807, 2.05) is 11.8 Å². The first-order valence-corrected chi connectivity index (χ1v) is 5.53. The van der Waals surface area contributed by atoms with E-state index in [-0.39, 0.29) is 0 Å². The summed E-state index contributed by atoms with van der Waals surface area (Å²) in [7, 11) is 0. The lowest BCUT2D eigenvalue weighted by Crippen LogP contribution is -2.41. The molecule has 1 aromatic carbocycles. The predicted octanol–water partition coefficient (Wildman–Crippen LogP) is 2.82. The highest BCUT2D eigenvalue weighted by atomic mass is 32.2. The third-order valence-electron chi connectivity index (χ3n) is 2.23. The van der Waals surface area contributed by atoms with E-state index in [0.717, 1.165) is 19.0 Å². The number of rotatable bonds is 3. The lowest BCUT2D eigenvalue weighted by Gasteiger charge is -2.37. The van der Waals surface area contributed by atoms with E-state index in [1.54, 1.807) is 0 Å². The van der Waals surface area contributed by atoms with Crippen LogP contribution in [0.4, 0.5) is 0 Å². The summed E-state index contributed by atoms with van der Waals surface area (Å²) in [5, 5.41) is 0. The standard InChI is InChI=1S/C11H14OS/c1-11(7-12-8-11)9-13-10-5-3-2-4-6-10/h2-6H,7-9H2,1H3. The Bertz CT molecular complexity index is 267. The molecule has 1 heterocycles. The van der Waals surface area contributed by atoms with Gasteiger partial charge >= 0.3 is 0 Å². The number of ether oxygens (including phenoxy) is 1. The molecule has 2 heteroatoms. The van der Waals surface area contributed by atoms with Gasteiger partial charge in [0.1, 0.15) is 0 Å². The van der Waals surface area contributed by atoms with E-state index in [0.29, 0.717) is 5.41 Å². The van der Waals surface area contributed by atoms with Gasteiger partial charge in [0.2, 0.25) is 0 Å². The van der Waals surface area contributed by atoms with E-state index in [9.17, 15) is 0 Å². The minimum absolute atomic E-state index is 0.417. The summed E-state index contributed by atoms with van der Waals surface area (Å²) in [6, 6.07) is 10.5. The second-order valence-corrected chi connectivity index (χ2v) is 4.95. The molecule has 70 valence electrons. The van der Waals surface area contributed by atoms with E-state index >= 15 is 0 Å². The fourth-order valence-electron chi connectivity index (χ4n) is 1.31. The van der Waals surface area contributed by atoms with Gasteiger partial charge in [0.25, 0.3) is 0 Å². The number of hydrogen-bond donors (Lipinski definition) is 0. The Morgan fingerprint density at radius 2 is 2.00 bits per heavy atom. The SMILES string of the molecule is CC1(CSc2ccccc2)COC1. The third-order valence-corrected chi connectivity index (χ3v) is 3.68. The minimum atomic E-state index is 0.417. The van der Waals surface area contributed by atoms with Crippen LogP contribution in [0.3, 0.4) is 0 Å². The van der Waals surface area contributed by atoms with Gasteiger partial charge in [0.05, 0.1) is 13.2 Å². The number of hydrogen-bond acceptors (Lipinski definition) is 2. The molecule has 1 saturated heterocycles. The minimum Gasteiger partial charge on any atom is -0.380 e. The predicted molar refractivity (Wildman–Crippen MR) is 56.1 cm³/mol. The highest BCUT2D eigenvalue weighted by Gasteiger charge is 2.33. The molecule has 1 fully saturated rings. The Balaban J connectivity index is 1.86. The topological polar surface area (TPSA) is 9.23 Å². The zero-order chi connectivity index (χ0) is 9.15. The third kappa shape index (κ3) is 2.26. The first kappa shape index (κ1) is 9.10. The Labute approximate surface area is 83.5 Å². The summed E-state index contributed by atoms with van der Waals surface area (Å²) in [5.41, 5.74) is 0.417. The summed E-state index contributed by atoms with van der Waals surface area (Å²) in [6.45, 7) is 4.13. The van der Waals surface area contributed by atoms with Gasteiger partial charge in [-0.05, 0) is 12.1 Å². The van der Waals surface area contributed by atoms with Crippen LogP contribution in [0.1, 0.15) is 6.92 Å². The molecule has 0 N–H and O–H groups in total. The highest BCUT2D eigenvalue weighted by molar-refractivity contribution is 7.99. The molecule has 13 heavy (non-hydrogen) atoms. The molecule has 0 aromatic heterocycles. The summed E-state index contributed by atoms with van der Waals surface area (Å²) >= 11 is 1.92. The molecule has 0 aliphatic carbocycles. The first-order valence-electron chi connectivity index (χ1n) is 4.54. The second kappa shape index (κ2) is 3.72. The van der Waals surface area contributed by atoms with Crippen molar-refractivity contribution in [3.8, 4) is 0 Å². The van der Waals surface area contributed by atoms with Crippen molar-refractivity contribution in [1.29, 1.82) is 0 Å². The van der Waals surface area contributed by atoms with Crippen molar-refractivity contribution in [2.75, 3.05) is 19.0 Å². The maximum absolute atomic E-state index is 5.21. The average molecular weight is 194 g/mol. The Kier molecular flexibility index (Phi) is 2.61. The van der Waals surface area contributed by atoms with Crippen LogP contribution in [0.15, 0.2) is 35.2 Å². The molecule has 0 saturated carbocycles. The molecule has 2 rings (SSSR count). The molecule has 0 unspecified atom stereocenters. The van der Waals surface area contributed by atoms with Crippen LogP contribution in [0.5, 0.6) is 0 Å². The lowest BCUT2D eigenvalue weighted by atomic mass is 9.92. The fraction of sp³-hybridized carbons (Fsp3) is 0.455. The normalized spacial score (nSPS) is 19.5. The van der Waals surface area contributed by atoms with Crippen molar-refractivity contribution < 1.29 is 4.74 Å². The molecule has 0 amide bonds. The average Bonchev–Trinajstić information content (AvgIpc) is 2.13. The van der Waals surface area contributed by atoms with Crippen LogP contribution >= 0.6 is 11.8 Å². The molecule has 0 atom stereocenters. The Morgan fingerprint density at radius 3 is 2.54 bits per heavy atom. The van der Waals surface area contributed by atoms with Gasteiger partial charge in [-0.3, -0.25) is 0 Å². The maximum atomic E-state index is 5.21. The van der Waals surface area contributed by atoms with Gasteiger partial charge < -0.3 is 4.74 Å². The maximum Gasteiger partial charge on any atom is 0.0550 e. The highest BCUT2D eigenvalue weighted by Crippen LogP contribution is 2.33. The Morgan fingerprint density at radius 1 is 1.31 bits per heavy atom. The van der Waals surface area contributed by atoms with Crippen molar-refractivity contribution in [2.24, 2.45) is 5.41 Å². The molecule has 1 nitrogen and oxygen atoms in total. The van der Waals surface area contributed by atoms with Crippen molar-refractivity contribution in [1.82, 2.24) is 0 Å². The van der Waals surface area contributed by atoms with Crippen LogP contribution in [0.25, 0.3) is 0 Å².